The van der Waals surface area contributed by atoms with Crippen LogP contribution in [0.15, 0.2) is 22.7 Å². The van der Waals surface area contributed by atoms with Crippen molar-refractivity contribution in [3.63, 3.8) is 0 Å². The number of amides is 1. The van der Waals surface area contributed by atoms with Gasteiger partial charge in [0.05, 0.1) is 11.9 Å². The largest absolute Gasteiger partial charge is 0.465 e. The Morgan fingerprint density at radius 2 is 2.00 bits per heavy atom. The van der Waals surface area contributed by atoms with E-state index in [2.05, 4.69) is 20.1 Å². The highest BCUT2D eigenvalue weighted by Crippen LogP contribution is 2.20. The van der Waals surface area contributed by atoms with E-state index in [9.17, 15) is 4.79 Å². The normalized spacial score (nSPS) is 15.3. The molecule has 0 bridgehead atoms. The van der Waals surface area contributed by atoms with Crippen LogP contribution in [0.3, 0.4) is 0 Å². The van der Waals surface area contributed by atoms with E-state index < -0.39 is 6.09 Å². The first-order valence-corrected chi connectivity index (χ1v) is 6.63. The molecule has 2 aromatic rings. The fourth-order valence-corrected chi connectivity index (χ4v) is 2.26. The Labute approximate surface area is 121 Å². The number of nitrogens with zero attached hydrogens (tertiary/aromatic N) is 5. The number of rotatable bonds is 2. The third-order valence-electron chi connectivity index (χ3n) is 3.41. The maximum absolute atomic E-state index is 10.9. The van der Waals surface area contributed by atoms with Crippen LogP contribution in [-0.4, -0.2) is 57.5 Å². The first kappa shape index (κ1) is 13.3. The van der Waals surface area contributed by atoms with Gasteiger partial charge in [-0.05, 0) is 12.1 Å². The molecule has 8 heteroatoms. The van der Waals surface area contributed by atoms with Crippen LogP contribution in [0.2, 0.25) is 0 Å². The summed E-state index contributed by atoms with van der Waals surface area (Å²) < 4.78 is 5.33. The Kier molecular flexibility index (Phi) is 3.43. The predicted octanol–water partition coefficient (Wildman–Crippen LogP) is 1.24. The van der Waals surface area contributed by atoms with Gasteiger partial charge in [-0.2, -0.15) is 0 Å². The molecule has 1 saturated heterocycles. The molecule has 8 nitrogen and oxygen atoms in total. The lowest BCUT2D eigenvalue weighted by molar-refractivity contribution is 0.142. The summed E-state index contributed by atoms with van der Waals surface area (Å²) in [5.41, 5.74) is 1.59. The second-order valence-electron chi connectivity index (χ2n) is 4.78. The van der Waals surface area contributed by atoms with Gasteiger partial charge in [0, 0.05) is 33.1 Å². The molecule has 110 valence electrons. The molecule has 0 unspecified atom stereocenters. The van der Waals surface area contributed by atoms with Gasteiger partial charge in [-0.3, -0.25) is 0 Å². The van der Waals surface area contributed by atoms with Crippen molar-refractivity contribution in [1.29, 1.82) is 0 Å². The van der Waals surface area contributed by atoms with Crippen LogP contribution in [0.25, 0.3) is 11.6 Å². The van der Waals surface area contributed by atoms with E-state index in [0.29, 0.717) is 43.7 Å². The fourth-order valence-electron chi connectivity index (χ4n) is 2.26. The van der Waals surface area contributed by atoms with Gasteiger partial charge in [0.2, 0.25) is 5.89 Å². The SMILES string of the molecule is Cc1nnc(-c2ccc(N3CCN(C(=O)O)CC3)cn2)o1. The summed E-state index contributed by atoms with van der Waals surface area (Å²) in [7, 11) is 0. The van der Waals surface area contributed by atoms with Gasteiger partial charge >= 0.3 is 6.09 Å². The molecule has 1 N–H and O–H groups in total. The van der Waals surface area contributed by atoms with Gasteiger partial charge in [-0.1, -0.05) is 0 Å². The zero-order valence-electron chi connectivity index (χ0n) is 11.6. The average molecular weight is 289 g/mol. The van der Waals surface area contributed by atoms with Gasteiger partial charge in [0.25, 0.3) is 5.89 Å². The maximum atomic E-state index is 10.9. The Morgan fingerprint density at radius 1 is 1.24 bits per heavy atom. The van der Waals surface area contributed by atoms with E-state index in [1.165, 1.54) is 4.90 Å². The summed E-state index contributed by atoms with van der Waals surface area (Å²) in [5.74, 6) is 0.899. The highest BCUT2D eigenvalue weighted by molar-refractivity contribution is 5.65. The number of hydrogen-bond donors (Lipinski definition) is 1. The fraction of sp³-hybridized carbons (Fsp3) is 0.385. The lowest BCUT2D eigenvalue weighted by atomic mass is 10.2. The Morgan fingerprint density at radius 3 is 2.52 bits per heavy atom. The van der Waals surface area contributed by atoms with Crippen LogP contribution in [0.1, 0.15) is 5.89 Å². The molecule has 1 aliphatic rings. The third-order valence-corrected chi connectivity index (χ3v) is 3.41. The van der Waals surface area contributed by atoms with Gasteiger partial charge in [-0.25, -0.2) is 9.78 Å². The molecule has 2 aromatic heterocycles. The standard InChI is InChI=1S/C13H15N5O3/c1-9-15-16-12(21-9)11-3-2-10(8-14-11)17-4-6-18(7-5-17)13(19)20/h2-3,8H,4-7H2,1H3,(H,19,20). The first-order chi connectivity index (χ1) is 10.1. The quantitative estimate of drug-likeness (QED) is 0.888. The van der Waals surface area contributed by atoms with Crippen molar-refractivity contribution < 1.29 is 14.3 Å². The molecule has 0 aliphatic carbocycles. The van der Waals surface area contributed by atoms with Gasteiger partial charge < -0.3 is 19.3 Å². The number of anilines is 1. The van der Waals surface area contributed by atoms with Crippen LogP contribution in [0.4, 0.5) is 10.5 Å². The summed E-state index contributed by atoms with van der Waals surface area (Å²) in [6.45, 7) is 4.05. The molecule has 21 heavy (non-hydrogen) atoms. The molecule has 1 fully saturated rings. The van der Waals surface area contributed by atoms with E-state index in [4.69, 9.17) is 9.52 Å². The molecule has 0 radical (unpaired) electrons. The molecule has 0 atom stereocenters. The lowest BCUT2D eigenvalue weighted by Crippen LogP contribution is -2.48. The van der Waals surface area contributed by atoms with E-state index in [-0.39, 0.29) is 0 Å². The number of pyridine rings is 1. The smallest absolute Gasteiger partial charge is 0.407 e. The predicted molar refractivity (Wildman–Crippen MR) is 74.1 cm³/mol. The van der Waals surface area contributed by atoms with Crippen LogP contribution in [-0.2, 0) is 0 Å². The molecule has 1 amide bonds. The van der Waals surface area contributed by atoms with E-state index >= 15 is 0 Å². The molecule has 1 aliphatic heterocycles. The van der Waals surface area contributed by atoms with Crippen molar-refractivity contribution in [1.82, 2.24) is 20.1 Å². The lowest BCUT2D eigenvalue weighted by Gasteiger charge is -2.34. The Bertz CT molecular complexity index is 632. The van der Waals surface area contributed by atoms with Gasteiger partial charge in [-0.15, -0.1) is 10.2 Å². The second kappa shape index (κ2) is 5.39. The highest BCUT2D eigenvalue weighted by Gasteiger charge is 2.20. The number of hydrogen-bond acceptors (Lipinski definition) is 6. The minimum atomic E-state index is -0.866. The van der Waals surface area contributed by atoms with E-state index in [1.807, 2.05) is 12.1 Å². The maximum Gasteiger partial charge on any atom is 0.407 e. The number of aromatic nitrogens is 3. The van der Waals surface area contributed by atoms with Crippen LogP contribution < -0.4 is 4.90 Å². The minimum absolute atomic E-state index is 0.398. The average Bonchev–Trinajstić information content (AvgIpc) is 2.94. The first-order valence-electron chi connectivity index (χ1n) is 6.63. The zero-order chi connectivity index (χ0) is 14.8. The van der Waals surface area contributed by atoms with E-state index in [0.717, 1.165) is 5.69 Å². The molecular weight excluding hydrogens is 274 g/mol. The molecular formula is C13H15N5O3. The van der Waals surface area contributed by atoms with Crippen molar-refractivity contribution in [3.05, 3.63) is 24.2 Å². The van der Waals surface area contributed by atoms with Crippen molar-refractivity contribution in [2.24, 2.45) is 0 Å². The summed E-state index contributed by atoms with van der Waals surface area (Å²) >= 11 is 0. The molecule has 3 rings (SSSR count). The van der Waals surface area contributed by atoms with Crippen molar-refractivity contribution in [3.8, 4) is 11.6 Å². The minimum Gasteiger partial charge on any atom is -0.465 e. The second-order valence-corrected chi connectivity index (χ2v) is 4.78. The number of carboxylic acid groups (broad SMARTS) is 1. The van der Waals surface area contributed by atoms with Crippen LogP contribution >= 0.6 is 0 Å². The van der Waals surface area contributed by atoms with Gasteiger partial charge in [0.1, 0.15) is 5.69 Å². The third kappa shape index (κ3) is 2.78. The monoisotopic (exact) mass is 289 g/mol. The van der Waals surface area contributed by atoms with Gasteiger partial charge in [0.15, 0.2) is 0 Å². The summed E-state index contributed by atoms with van der Waals surface area (Å²) in [5, 5.41) is 16.6. The summed E-state index contributed by atoms with van der Waals surface area (Å²) in [4.78, 5) is 18.7. The van der Waals surface area contributed by atoms with Crippen LogP contribution in [0, 0.1) is 6.92 Å². The Hall–Kier alpha value is -2.64. The van der Waals surface area contributed by atoms with Crippen molar-refractivity contribution >= 4 is 11.8 Å². The number of piperazine rings is 1. The molecule has 0 saturated carbocycles. The van der Waals surface area contributed by atoms with Crippen molar-refractivity contribution in [2.75, 3.05) is 31.1 Å². The molecule has 0 spiro atoms. The zero-order valence-corrected chi connectivity index (χ0v) is 11.6. The summed E-state index contributed by atoms with van der Waals surface area (Å²) in [6.07, 6.45) is 0.876. The molecule has 3 heterocycles. The Balaban J connectivity index is 1.69. The van der Waals surface area contributed by atoms with Crippen molar-refractivity contribution in [2.45, 2.75) is 6.92 Å². The van der Waals surface area contributed by atoms with Crippen LogP contribution in [0.5, 0.6) is 0 Å². The highest BCUT2D eigenvalue weighted by atomic mass is 16.4. The summed E-state index contributed by atoms with van der Waals surface area (Å²) in [6, 6.07) is 3.75. The van der Waals surface area contributed by atoms with E-state index in [1.54, 1.807) is 13.1 Å². The topological polar surface area (TPSA) is 95.6 Å². The number of aryl methyl sites for hydroxylation is 1. The molecule has 0 aromatic carbocycles. The number of carbonyl (C=O) groups is 1.